The number of carbonyl (C=O) groups is 1. The number of rotatable bonds is 3. The first kappa shape index (κ1) is 10.2. The van der Waals surface area contributed by atoms with Gasteiger partial charge in [-0.15, -0.1) is 0 Å². The average Bonchev–Trinajstić information content (AvgIpc) is 2.16. The number of nitrogens with one attached hydrogen (secondary N) is 1. The Kier molecular flexibility index (Phi) is 4.86. The molecule has 70 valence electrons. The number of ether oxygens (including phenoxy) is 1. The monoisotopic (exact) mass is 284 g/mol. The van der Waals surface area contributed by atoms with E-state index >= 15 is 0 Å². The van der Waals surface area contributed by atoms with Crippen LogP contribution in [0.2, 0.25) is 0 Å². The van der Waals surface area contributed by atoms with Gasteiger partial charge in [0.15, 0.2) is 0 Å². The van der Waals surface area contributed by atoms with Crippen LogP contribution in [-0.4, -0.2) is 48.2 Å². The third-order valence-electron chi connectivity index (χ3n) is 1.72. The maximum atomic E-state index is 10.9. The van der Waals surface area contributed by atoms with E-state index in [1.54, 1.807) is 0 Å². The third kappa shape index (κ3) is 3.68. The molecule has 0 spiro atoms. The van der Waals surface area contributed by atoms with Gasteiger partial charge in [-0.25, -0.2) is 0 Å². The number of halogens is 1. The van der Waals surface area contributed by atoms with Gasteiger partial charge in [0.05, 0.1) is 24.3 Å². The summed E-state index contributed by atoms with van der Waals surface area (Å²) in [6.07, 6.45) is 0. The summed E-state index contributed by atoms with van der Waals surface area (Å²) in [7, 11) is 0. The topological polar surface area (TPSA) is 41.6 Å². The zero-order chi connectivity index (χ0) is 8.81. The second kappa shape index (κ2) is 5.71. The Balaban J connectivity index is 2.09. The highest BCUT2D eigenvalue weighted by Gasteiger charge is 2.09. The van der Waals surface area contributed by atoms with Gasteiger partial charge in [0.25, 0.3) is 0 Å². The van der Waals surface area contributed by atoms with E-state index in [-0.39, 0.29) is 5.91 Å². The van der Waals surface area contributed by atoms with Crippen molar-refractivity contribution in [1.82, 2.24) is 10.2 Å². The number of nitrogens with zero attached hydrogens (tertiary/aromatic N) is 1. The Morgan fingerprint density at radius 3 is 2.75 bits per heavy atom. The van der Waals surface area contributed by atoms with Crippen LogP contribution in [0.25, 0.3) is 0 Å². The van der Waals surface area contributed by atoms with Crippen molar-refractivity contribution in [2.45, 2.75) is 0 Å². The van der Waals surface area contributed by atoms with Crippen LogP contribution < -0.4 is 5.32 Å². The predicted molar refractivity (Wildman–Crippen MR) is 54.3 cm³/mol. The van der Waals surface area contributed by atoms with Gasteiger partial charge in [0.2, 0.25) is 5.91 Å². The summed E-state index contributed by atoms with van der Waals surface area (Å²) in [4.78, 5) is 13.1. The van der Waals surface area contributed by atoms with E-state index in [2.05, 4.69) is 32.8 Å². The van der Waals surface area contributed by atoms with Crippen LogP contribution in [0, 0.1) is 0 Å². The highest BCUT2D eigenvalue weighted by Crippen LogP contribution is 1.93. The lowest BCUT2D eigenvalue weighted by Crippen LogP contribution is -2.44. The Bertz CT molecular complexity index is 148. The number of morpholine rings is 1. The van der Waals surface area contributed by atoms with Crippen LogP contribution >= 0.6 is 22.6 Å². The first-order valence-corrected chi connectivity index (χ1v) is 5.48. The van der Waals surface area contributed by atoms with Crippen molar-refractivity contribution in [1.29, 1.82) is 0 Å². The van der Waals surface area contributed by atoms with Crippen molar-refractivity contribution in [2.24, 2.45) is 0 Å². The molecular formula is C7H13IN2O2. The summed E-state index contributed by atoms with van der Waals surface area (Å²) in [6.45, 7) is 4.05. The number of carbonyl (C=O) groups excluding carboxylic acids is 1. The minimum atomic E-state index is 0.0992. The molecule has 12 heavy (non-hydrogen) atoms. The van der Waals surface area contributed by atoms with Crippen molar-refractivity contribution in [2.75, 3.05) is 37.4 Å². The second-order valence-corrected chi connectivity index (χ2v) is 3.38. The summed E-state index contributed by atoms with van der Waals surface area (Å²) < 4.78 is 5.71. The summed E-state index contributed by atoms with van der Waals surface area (Å²) in [6, 6.07) is 0. The molecule has 0 atom stereocenters. The fourth-order valence-corrected chi connectivity index (χ4v) is 1.28. The fraction of sp³-hybridized carbons (Fsp3) is 0.857. The molecule has 0 aromatic carbocycles. The van der Waals surface area contributed by atoms with E-state index in [0.29, 0.717) is 11.1 Å². The summed E-state index contributed by atoms with van der Waals surface area (Å²) in [5, 5.41) is 2.83. The lowest BCUT2D eigenvalue weighted by Gasteiger charge is -2.26. The largest absolute Gasteiger partial charge is 0.379 e. The molecule has 1 aliphatic heterocycles. The molecule has 1 saturated heterocycles. The van der Waals surface area contributed by atoms with Gasteiger partial charge in [-0.2, -0.15) is 0 Å². The minimum Gasteiger partial charge on any atom is -0.379 e. The molecule has 4 nitrogen and oxygen atoms in total. The number of alkyl halides is 1. The first-order chi connectivity index (χ1) is 5.83. The van der Waals surface area contributed by atoms with Crippen LogP contribution in [-0.2, 0) is 9.53 Å². The zero-order valence-electron chi connectivity index (χ0n) is 6.88. The molecule has 1 rings (SSSR count). The van der Waals surface area contributed by atoms with Crippen LogP contribution in [0.15, 0.2) is 0 Å². The second-order valence-electron chi connectivity index (χ2n) is 2.62. The van der Waals surface area contributed by atoms with Crippen LogP contribution in [0.5, 0.6) is 0 Å². The van der Waals surface area contributed by atoms with Gasteiger partial charge >= 0.3 is 0 Å². The summed E-state index contributed by atoms with van der Waals surface area (Å²) in [5.74, 6) is 0.0992. The molecule has 0 aliphatic carbocycles. The molecule has 0 unspecified atom stereocenters. The summed E-state index contributed by atoms with van der Waals surface area (Å²) >= 11 is 2.05. The highest BCUT2D eigenvalue weighted by atomic mass is 127. The molecule has 1 N–H and O–H groups in total. The van der Waals surface area contributed by atoms with Crippen LogP contribution in [0.3, 0.4) is 0 Å². The van der Waals surface area contributed by atoms with Crippen molar-refractivity contribution in [3.05, 3.63) is 0 Å². The van der Waals surface area contributed by atoms with Gasteiger partial charge in [0, 0.05) is 13.1 Å². The molecule has 0 aromatic heterocycles. The van der Waals surface area contributed by atoms with Gasteiger partial charge in [-0.05, 0) is 0 Å². The SMILES string of the molecule is O=C(CI)NCN1CCOCC1. The Hall–Kier alpha value is 0.120. The van der Waals surface area contributed by atoms with E-state index in [4.69, 9.17) is 4.74 Å². The Morgan fingerprint density at radius 1 is 1.50 bits per heavy atom. The maximum absolute atomic E-state index is 10.9. The minimum absolute atomic E-state index is 0.0992. The fourth-order valence-electron chi connectivity index (χ4n) is 1.01. The molecule has 1 fully saturated rings. The van der Waals surface area contributed by atoms with Crippen LogP contribution in [0.1, 0.15) is 0 Å². The van der Waals surface area contributed by atoms with Gasteiger partial charge in [-0.1, -0.05) is 22.6 Å². The molecular weight excluding hydrogens is 271 g/mol. The lowest BCUT2D eigenvalue weighted by molar-refractivity contribution is -0.119. The van der Waals surface area contributed by atoms with E-state index in [9.17, 15) is 4.79 Å². The standard InChI is InChI=1S/C7H13IN2O2/c8-5-7(11)9-6-10-1-3-12-4-2-10/h1-6H2,(H,9,11). The zero-order valence-corrected chi connectivity index (χ0v) is 9.04. The maximum Gasteiger partial charge on any atom is 0.230 e. The van der Waals surface area contributed by atoms with Crippen molar-refractivity contribution in [3.63, 3.8) is 0 Å². The Labute approximate surface area is 85.8 Å². The van der Waals surface area contributed by atoms with E-state index in [1.165, 1.54) is 0 Å². The molecule has 1 aliphatic rings. The summed E-state index contributed by atoms with van der Waals surface area (Å²) in [5.41, 5.74) is 0. The Morgan fingerprint density at radius 2 is 2.17 bits per heavy atom. The van der Waals surface area contributed by atoms with Crippen molar-refractivity contribution < 1.29 is 9.53 Å². The van der Waals surface area contributed by atoms with Crippen molar-refractivity contribution in [3.8, 4) is 0 Å². The first-order valence-electron chi connectivity index (χ1n) is 3.95. The average molecular weight is 284 g/mol. The third-order valence-corrected chi connectivity index (χ3v) is 2.42. The normalized spacial score (nSPS) is 19.1. The number of amides is 1. The smallest absolute Gasteiger partial charge is 0.230 e. The van der Waals surface area contributed by atoms with Gasteiger partial charge < -0.3 is 10.1 Å². The van der Waals surface area contributed by atoms with E-state index in [0.717, 1.165) is 26.3 Å². The molecule has 5 heteroatoms. The number of hydrogen-bond acceptors (Lipinski definition) is 3. The van der Waals surface area contributed by atoms with Gasteiger partial charge in [0.1, 0.15) is 0 Å². The lowest BCUT2D eigenvalue weighted by atomic mass is 10.4. The van der Waals surface area contributed by atoms with Gasteiger partial charge in [-0.3, -0.25) is 9.69 Å². The molecule has 0 saturated carbocycles. The molecule has 1 amide bonds. The highest BCUT2D eigenvalue weighted by molar-refractivity contribution is 14.1. The molecule has 0 bridgehead atoms. The predicted octanol–water partition coefficient (Wildman–Crippen LogP) is -0.173. The van der Waals surface area contributed by atoms with E-state index < -0.39 is 0 Å². The molecule has 0 radical (unpaired) electrons. The van der Waals surface area contributed by atoms with E-state index in [1.807, 2.05) is 0 Å². The quantitative estimate of drug-likeness (QED) is 0.578. The van der Waals surface area contributed by atoms with Crippen molar-refractivity contribution >= 4 is 28.5 Å². The number of hydrogen-bond donors (Lipinski definition) is 1. The molecule has 1 heterocycles. The molecule has 0 aromatic rings. The van der Waals surface area contributed by atoms with Crippen LogP contribution in [0.4, 0.5) is 0 Å².